The molecule has 3 N–H and O–H groups in total. The molecular formula is C15H20N4OS. The van der Waals surface area contributed by atoms with E-state index in [0.717, 1.165) is 28.6 Å². The third-order valence-corrected chi connectivity index (χ3v) is 4.16. The topological polar surface area (TPSA) is 72.5 Å². The van der Waals surface area contributed by atoms with E-state index < -0.39 is 0 Å². The number of aliphatic imine (C=N–C) groups is 1. The zero-order valence-corrected chi connectivity index (χ0v) is 13.3. The van der Waals surface area contributed by atoms with Crippen LogP contribution in [0.1, 0.15) is 15.6 Å². The molecule has 2 rings (SSSR count). The van der Waals surface area contributed by atoms with Crippen molar-refractivity contribution in [3.8, 4) is 5.75 Å². The lowest BCUT2D eigenvalue weighted by molar-refractivity contribution is 0.415. The predicted octanol–water partition coefficient (Wildman–Crippen LogP) is 2.74. The smallest absolute Gasteiger partial charge is 0.193 e. The summed E-state index contributed by atoms with van der Waals surface area (Å²) in [6, 6.07) is 7.57. The van der Waals surface area contributed by atoms with E-state index in [-0.39, 0.29) is 0 Å². The minimum Gasteiger partial charge on any atom is -0.497 e. The van der Waals surface area contributed by atoms with E-state index in [0.29, 0.717) is 12.5 Å². The van der Waals surface area contributed by atoms with Crippen LogP contribution in [0.25, 0.3) is 0 Å². The number of aromatic nitrogens is 1. The lowest BCUT2D eigenvalue weighted by Gasteiger charge is -2.07. The van der Waals surface area contributed by atoms with Gasteiger partial charge in [0.25, 0.3) is 0 Å². The number of hydrogen-bond donors (Lipinski definition) is 2. The van der Waals surface area contributed by atoms with E-state index in [1.165, 1.54) is 4.88 Å². The van der Waals surface area contributed by atoms with Gasteiger partial charge in [-0.1, -0.05) is 6.07 Å². The summed E-state index contributed by atoms with van der Waals surface area (Å²) in [5.74, 6) is 1.18. The Balaban J connectivity index is 1.88. The standard InChI is InChI=1S/C15H20N4OS/c1-10-11(2)21-14(18-10)7-8-17-15(16)19-12-5-4-6-13(9-12)20-3/h4-6,9H,7-8H2,1-3H3,(H3,16,17,19). The first kappa shape index (κ1) is 15.3. The molecule has 0 aliphatic rings. The number of ether oxygens (including phenoxy) is 1. The van der Waals surface area contributed by atoms with Gasteiger partial charge in [-0.15, -0.1) is 11.3 Å². The fourth-order valence-corrected chi connectivity index (χ4v) is 2.73. The van der Waals surface area contributed by atoms with Crippen LogP contribution in [-0.2, 0) is 6.42 Å². The molecule has 2 aromatic rings. The highest BCUT2D eigenvalue weighted by atomic mass is 32.1. The van der Waals surface area contributed by atoms with Gasteiger partial charge in [-0.2, -0.15) is 0 Å². The largest absolute Gasteiger partial charge is 0.497 e. The second-order valence-corrected chi connectivity index (χ2v) is 5.91. The zero-order valence-electron chi connectivity index (χ0n) is 12.5. The Hall–Kier alpha value is -2.08. The maximum Gasteiger partial charge on any atom is 0.193 e. The number of nitrogens with two attached hydrogens (primary N) is 1. The lowest BCUT2D eigenvalue weighted by atomic mass is 10.3. The minimum atomic E-state index is 0.397. The van der Waals surface area contributed by atoms with E-state index in [1.807, 2.05) is 31.2 Å². The van der Waals surface area contributed by atoms with Gasteiger partial charge in [-0.25, -0.2) is 4.98 Å². The number of benzene rings is 1. The van der Waals surface area contributed by atoms with Gasteiger partial charge in [0.15, 0.2) is 5.96 Å². The van der Waals surface area contributed by atoms with Crippen LogP contribution in [0.5, 0.6) is 5.75 Å². The lowest BCUT2D eigenvalue weighted by Crippen LogP contribution is -2.23. The molecule has 0 fully saturated rings. The van der Waals surface area contributed by atoms with Crippen LogP contribution in [0.2, 0.25) is 0 Å². The predicted molar refractivity (Wildman–Crippen MR) is 88.4 cm³/mol. The van der Waals surface area contributed by atoms with Crippen LogP contribution in [0.15, 0.2) is 29.3 Å². The van der Waals surface area contributed by atoms with Gasteiger partial charge in [0.1, 0.15) is 5.75 Å². The summed E-state index contributed by atoms with van der Waals surface area (Å²) in [6.07, 6.45) is 0.805. The van der Waals surface area contributed by atoms with E-state index in [1.54, 1.807) is 18.4 Å². The monoisotopic (exact) mass is 304 g/mol. The van der Waals surface area contributed by atoms with Gasteiger partial charge < -0.3 is 15.8 Å². The number of nitrogens with zero attached hydrogens (tertiary/aromatic N) is 2. The molecule has 0 spiro atoms. The van der Waals surface area contributed by atoms with Gasteiger partial charge in [0, 0.05) is 29.6 Å². The summed E-state index contributed by atoms with van der Waals surface area (Å²) in [5.41, 5.74) is 7.83. The molecule has 1 heterocycles. The molecule has 0 bridgehead atoms. The third kappa shape index (κ3) is 4.46. The summed E-state index contributed by atoms with van der Waals surface area (Å²) in [6.45, 7) is 4.73. The van der Waals surface area contributed by atoms with Crippen molar-refractivity contribution < 1.29 is 4.74 Å². The number of methoxy groups -OCH3 is 1. The average Bonchev–Trinajstić information content (AvgIpc) is 2.78. The Labute approximate surface area is 128 Å². The van der Waals surface area contributed by atoms with Crippen LogP contribution in [-0.4, -0.2) is 24.6 Å². The van der Waals surface area contributed by atoms with Crippen molar-refractivity contribution in [2.45, 2.75) is 20.3 Å². The number of thiazole rings is 1. The van der Waals surface area contributed by atoms with Crippen LogP contribution in [0.3, 0.4) is 0 Å². The number of rotatable bonds is 5. The first-order chi connectivity index (χ1) is 10.1. The van der Waals surface area contributed by atoms with E-state index in [4.69, 9.17) is 10.5 Å². The number of aryl methyl sites for hydroxylation is 2. The number of guanidine groups is 1. The second kappa shape index (κ2) is 7.08. The van der Waals surface area contributed by atoms with Crippen molar-refractivity contribution in [3.63, 3.8) is 0 Å². The second-order valence-electron chi connectivity index (χ2n) is 4.62. The summed E-state index contributed by atoms with van der Waals surface area (Å²) in [7, 11) is 1.63. The minimum absolute atomic E-state index is 0.397. The summed E-state index contributed by atoms with van der Waals surface area (Å²) >= 11 is 1.72. The Bertz CT molecular complexity index is 617. The van der Waals surface area contributed by atoms with Crippen molar-refractivity contribution in [1.29, 1.82) is 0 Å². The average molecular weight is 304 g/mol. The molecule has 0 saturated carbocycles. The summed E-state index contributed by atoms with van der Waals surface area (Å²) in [5, 5.41) is 4.15. The Kier molecular flexibility index (Phi) is 5.16. The fraction of sp³-hybridized carbons (Fsp3) is 0.333. The van der Waals surface area contributed by atoms with Crippen molar-refractivity contribution in [2.75, 3.05) is 19.0 Å². The van der Waals surface area contributed by atoms with Crippen LogP contribution < -0.4 is 15.8 Å². The van der Waals surface area contributed by atoms with E-state index in [9.17, 15) is 0 Å². The van der Waals surface area contributed by atoms with Gasteiger partial charge in [0.05, 0.1) is 17.8 Å². The maximum absolute atomic E-state index is 5.88. The first-order valence-electron chi connectivity index (χ1n) is 6.72. The van der Waals surface area contributed by atoms with E-state index in [2.05, 4.69) is 22.2 Å². The van der Waals surface area contributed by atoms with Gasteiger partial charge >= 0.3 is 0 Å². The fourth-order valence-electron chi connectivity index (χ4n) is 1.81. The molecule has 5 nitrogen and oxygen atoms in total. The Morgan fingerprint density at radius 1 is 1.43 bits per heavy atom. The zero-order chi connectivity index (χ0) is 15.2. The quantitative estimate of drug-likeness (QED) is 0.658. The van der Waals surface area contributed by atoms with Gasteiger partial charge in [-0.05, 0) is 26.0 Å². The summed E-state index contributed by atoms with van der Waals surface area (Å²) < 4.78 is 5.16. The molecule has 0 unspecified atom stereocenters. The molecule has 0 aliphatic heterocycles. The molecule has 1 aromatic heterocycles. The van der Waals surface area contributed by atoms with Gasteiger partial charge in [0.2, 0.25) is 0 Å². The highest BCUT2D eigenvalue weighted by Crippen LogP contribution is 2.17. The molecular weight excluding hydrogens is 284 g/mol. The van der Waals surface area contributed by atoms with Crippen LogP contribution >= 0.6 is 11.3 Å². The SMILES string of the molecule is COc1cccc(NC(N)=NCCc2nc(C)c(C)s2)c1. The van der Waals surface area contributed by atoms with Crippen molar-refractivity contribution >= 4 is 23.0 Å². The highest BCUT2D eigenvalue weighted by molar-refractivity contribution is 7.11. The third-order valence-electron chi connectivity index (χ3n) is 3.02. The van der Waals surface area contributed by atoms with Crippen molar-refractivity contribution in [1.82, 2.24) is 4.98 Å². The molecule has 6 heteroatoms. The maximum atomic E-state index is 5.88. The Morgan fingerprint density at radius 2 is 2.24 bits per heavy atom. The molecule has 0 amide bonds. The van der Waals surface area contributed by atoms with Crippen molar-refractivity contribution in [2.24, 2.45) is 10.7 Å². The normalized spacial score (nSPS) is 11.5. The molecule has 0 saturated heterocycles. The number of anilines is 1. The first-order valence-corrected chi connectivity index (χ1v) is 7.54. The van der Waals surface area contributed by atoms with Crippen LogP contribution in [0.4, 0.5) is 5.69 Å². The number of hydrogen-bond acceptors (Lipinski definition) is 4. The Morgan fingerprint density at radius 3 is 2.90 bits per heavy atom. The molecule has 0 aliphatic carbocycles. The molecule has 0 atom stereocenters. The summed E-state index contributed by atoms with van der Waals surface area (Å²) in [4.78, 5) is 10.1. The van der Waals surface area contributed by atoms with Crippen molar-refractivity contribution in [3.05, 3.63) is 39.8 Å². The molecule has 1 aromatic carbocycles. The van der Waals surface area contributed by atoms with Crippen LogP contribution in [0, 0.1) is 13.8 Å². The highest BCUT2D eigenvalue weighted by Gasteiger charge is 2.03. The van der Waals surface area contributed by atoms with E-state index >= 15 is 0 Å². The van der Waals surface area contributed by atoms with Gasteiger partial charge in [-0.3, -0.25) is 4.99 Å². The molecule has 112 valence electrons. The molecule has 0 radical (unpaired) electrons. The number of nitrogens with one attached hydrogen (secondary N) is 1. The molecule has 21 heavy (non-hydrogen) atoms.